The minimum Gasteiger partial charge on any atom is -0.341 e. The van der Waals surface area contributed by atoms with E-state index in [0.717, 1.165) is 30.6 Å². The Balaban J connectivity index is 2.08. The number of hydrogen-bond acceptors (Lipinski definition) is 3. The maximum absolute atomic E-state index is 13.0. The number of nitrogens with one attached hydrogen (secondary N) is 1. The van der Waals surface area contributed by atoms with Gasteiger partial charge in [-0.25, -0.2) is 4.79 Å². The number of carbonyl (C=O) groups excluding carboxylic acids is 3. The van der Waals surface area contributed by atoms with Crippen LogP contribution in [0.5, 0.6) is 0 Å². The van der Waals surface area contributed by atoms with Crippen molar-refractivity contribution >= 4 is 17.8 Å². The minimum atomic E-state index is -0.779. The minimum absolute atomic E-state index is 0.140. The highest BCUT2D eigenvalue weighted by molar-refractivity contribution is 6.09. The second-order valence-electron chi connectivity index (χ2n) is 8.76. The van der Waals surface area contributed by atoms with Crippen molar-refractivity contribution in [3.05, 3.63) is 0 Å². The van der Waals surface area contributed by atoms with Crippen molar-refractivity contribution in [3.8, 4) is 0 Å². The molecule has 148 valence electrons. The van der Waals surface area contributed by atoms with E-state index in [1.807, 2.05) is 0 Å². The van der Waals surface area contributed by atoms with Gasteiger partial charge in [-0.05, 0) is 24.7 Å². The number of urea groups is 1. The Morgan fingerprint density at radius 3 is 2.00 bits per heavy atom. The van der Waals surface area contributed by atoms with Crippen LogP contribution in [-0.4, -0.2) is 52.8 Å². The first-order valence-corrected chi connectivity index (χ1v) is 10.2. The molecule has 0 aromatic heterocycles. The molecular formula is C20H35N3O3. The molecule has 1 spiro atoms. The molecule has 6 heteroatoms. The lowest BCUT2D eigenvalue weighted by molar-refractivity contribution is -0.140. The first-order valence-electron chi connectivity index (χ1n) is 10.2. The van der Waals surface area contributed by atoms with Crippen LogP contribution >= 0.6 is 0 Å². The summed E-state index contributed by atoms with van der Waals surface area (Å²) in [6.45, 7) is 9.41. The molecule has 0 atom stereocenters. The van der Waals surface area contributed by atoms with Gasteiger partial charge in [0.15, 0.2) is 0 Å². The zero-order valence-corrected chi connectivity index (χ0v) is 16.8. The van der Waals surface area contributed by atoms with Gasteiger partial charge in [-0.3, -0.25) is 14.5 Å². The van der Waals surface area contributed by atoms with E-state index in [-0.39, 0.29) is 18.4 Å². The molecule has 0 radical (unpaired) electrons. The Kier molecular flexibility index (Phi) is 7.07. The number of carbonyl (C=O) groups is 3. The molecule has 1 saturated heterocycles. The molecule has 0 bridgehead atoms. The predicted octanol–water partition coefficient (Wildman–Crippen LogP) is 3.16. The zero-order chi connectivity index (χ0) is 19.3. The molecule has 0 aromatic carbocycles. The van der Waals surface area contributed by atoms with Gasteiger partial charge in [0, 0.05) is 13.1 Å². The van der Waals surface area contributed by atoms with Gasteiger partial charge in [0.05, 0.1) is 0 Å². The molecular weight excluding hydrogens is 330 g/mol. The van der Waals surface area contributed by atoms with Crippen LogP contribution < -0.4 is 5.32 Å². The van der Waals surface area contributed by atoms with Crippen LogP contribution in [0.2, 0.25) is 0 Å². The largest absolute Gasteiger partial charge is 0.341 e. The monoisotopic (exact) mass is 365 g/mol. The van der Waals surface area contributed by atoms with E-state index in [1.54, 1.807) is 4.90 Å². The Morgan fingerprint density at radius 2 is 1.50 bits per heavy atom. The Labute approximate surface area is 157 Å². The second kappa shape index (κ2) is 8.87. The maximum atomic E-state index is 13.0. The smallest absolute Gasteiger partial charge is 0.325 e. The van der Waals surface area contributed by atoms with Gasteiger partial charge < -0.3 is 10.2 Å². The van der Waals surface area contributed by atoms with Crippen LogP contribution in [0.3, 0.4) is 0 Å². The summed E-state index contributed by atoms with van der Waals surface area (Å²) in [6, 6.07) is -0.405. The third-order valence-corrected chi connectivity index (χ3v) is 5.27. The molecule has 2 aliphatic rings. The van der Waals surface area contributed by atoms with Gasteiger partial charge in [-0.2, -0.15) is 0 Å². The fourth-order valence-corrected chi connectivity index (χ4v) is 4.06. The highest BCUT2D eigenvalue weighted by Crippen LogP contribution is 2.32. The Hall–Kier alpha value is -1.59. The van der Waals surface area contributed by atoms with Crippen LogP contribution in [0, 0.1) is 11.8 Å². The third-order valence-electron chi connectivity index (χ3n) is 5.27. The van der Waals surface area contributed by atoms with E-state index >= 15 is 0 Å². The summed E-state index contributed by atoms with van der Waals surface area (Å²) in [5.41, 5.74) is -0.779. The van der Waals surface area contributed by atoms with Crippen molar-refractivity contribution in [3.63, 3.8) is 0 Å². The van der Waals surface area contributed by atoms with Gasteiger partial charge >= 0.3 is 6.03 Å². The van der Waals surface area contributed by atoms with Gasteiger partial charge in [0.2, 0.25) is 5.91 Å². The quantitative estimate of drug-likeness (QED) is 0.735. The fourth-order valence-electron chi connectivity index (χ4n) is 4.06. The Bertz CT molecular complexity index is 512. The molecule has 1 aliphatic carbocycles. The van der Waals surface area contributed by atoms with Crippen molar-refractivity contribution in [2.75, 3.05) is 19.6 Å². The second-order valence-corrected chi connectivity index (χ2v) is 8.76. The molecule has 0 unspecified atom stereocenters. The standard InChI is InChI=1S/C20H35N3O3/c1-15(2)12-22(13-16(3)4)17(24)14-23-18(25)20(21-19(23)26)10-8-6-5-7-9-11-20/h15-16H,5-14H2,1-4H3,(H,21,26). The summed E-state index contributed by atoms with van der Waals surface area (Å²) in [5, 5.41) is 2.93. The lowest BCUT2D eigenvalue weighted by atomic mass is 9.84. The zero-order valence-electron chi connectivity index (χ0n) is 16.8. The van der Waals surface area contributed by atoms with Crippen LogP contribution in [-0.2, 0) is 9.59 Å². The fraction of sp³-hybridized carbons (Fsp3) is 0.850. The van der Waals surface area contributed by atoms with Crippen LogP contribution in [0.15, 0.2) is 0 Å². The van der Waals surface area contributed by atoms with Crippen molar-refractivity contribution in [2.45, 2.75) is 78.2 Å². The van der Waals surface area contributed by atoms with Crippen molar-refractivity contribution in [2.24, 2.45) is 11.8 Å². The molecule has 0 aromatic rings. The lowest BCUT2D eigenvalue weighted by Crippen LogP contribution is -2.48. The summed E-state index contributed by atoms with van der Waals surface area (Å²) >= 11 is 0. The van der Waals surface area contributed by atoms with Gasteiger partial charge in [-0.1, -0.05) is 59.8 Å². The van der Waals surface area contributed by atoms with E-state index < -0.39 is 11.6 Å². The molecule has 1 N–H and O–H groups in total. The number of imide groups is 1. The van der Waals surface area contributed by atoms with E-state index in [2.05, 4.69) is 33.0 Å². The molecule has 2 rings (SSSR count). The highest BCUT2D eigenvalue weighted by atomic mass is 16.2. The molecule has 4 amide bonds. The van der Waals surface area contributed by atoms with E-state index in [1.165, 1.54) is 6.42 Å². The number of amides is 4. The van der Waals surface area contributed by atoms with Gasteiger partial charge in [0.25, 0.3) is 5.91 Å². The summed E-state index contributed by atoms with van der Waals surface area (Å²) in [5.74, 6) is 0.348. The maximum Gasteiger partial charge on any atom is 0.325 e. The average molecular weight is 366 g/mol. The number of rotatable bonds is 6. The Morgan fingerprint density at radius 1 is 1.00 bits per heavy atom. The van der Waals surface area contributed by atoms with Crippen LogP contribution in [0.1, 0.15) is 72.6 Å². The highest BCUT2D eigenvalue weighted by Gasteiger charge is 2.51. The molecule has 26 heavy (non-hydrogen) atoms. The van der Waals surface area contributed by atoms with Gasteiger partial charge in [0.1, 0.15) is 12.1 Å². The van der Waals surface area contributed by atoms with Crippen LogP contribution in [0.25, 0.3) is 0 Å². The molecule has 2 fully saturated rings. The van der Waals surface area contributed by atoms with Crippen molar-refractivity contribution in [1.82, 2.24) is 15.1 Å². The van der Waals surface area contributed by atoms with Crippen molar-refractivity contribution < 1.29 is 14.4 Å². The van der Waals surface area contributed by atoms with Gasteiger partial charge in [-0.15, -0.1) is 0 Å². The van der Waals surface area contributed by atoms with Crippen LogP contribution in [0.4, 0.5) is 4.79 Å². The molecule has 6 nitrogen and oxygen atoms in total. The molecule has 1 aliphatic heterocycles. The number of hydrogen-bond donors (Lipinski definition) is 1. The third kappa shape index (κ3) is 4.98. The molecule has 1 heterocycles. The lowest BCUT2D eigenvalue weighted by Gasteiger charge is -2.29. The summed E-state index contributed by atoms with van der Waals surface area (Å²) in [4.78, 5) is 41.3. The predicted molar refractivity (Wildman–Crippen MR) is 102 cm³/mol. The van der Waals surface area contributed by atoms with E-state index in [9.17, 15) is 14.4 Å². The summed E-state index contributed by atoms with van der Waals surface area (Å²) in [7, 11) is 0. The topological polar surface area (TPSA) is 69.7 Å². The number of nitrogens with zero attached hydrogens (tertiary/aromatic N) is 2. The first-order chi connectivity index (χ1) is 12.2. The normalized spacial score (nSPS) is 20.5. The van der Waals surface area contributed by atoms with Crippen molar-refractivity contribution in [1.29, 1.82) is 0 Å². The van der Waals surface area contributed by atoms with E-state index in [0.29, 0.717) is 37.8 Å². The summed E-state index contributed by atoms with van der Waals surface area (Å²) in [6.07, 6.45) is 6.65. The first kappa shape index (κ1) is 20.7. The molecule has 1 saturated carbocycles. The van der Waals surface area contributed by atoms with E-state index in [4.69, 9.17) is 0 Å². The average Bonchev–Trinajstić information content (AvgIpc) is 2.74. The summed E-state index contributed by atoms with van der Waals surface area (Å²) < 4.78 is 0. The SMILES string of the molecule is CC(C)CN(CC(C)C)C(=O)CN1C(=O)NC2(CCCCCCC2)C1=O.